The summed E-state index contributed by atoms with van der Waals surface area (Å²) in [5, 5.41) is 0. The van der Waals surface area contributed by atoms with Crippen LogP contribution in [0.5, 0.6) is 0 Å². The minimum Gasteiger partial charge on any atom is -0.309 e. The molecule has 0 radical (unpaired) electrons. The smallest absolute Gasteiger partial charge is 0.000876 e. The molecular weight excluding hydrogens is 170 g/mol. The summed E-state index contributed by atoms with van der Waals surface area (Å²) in [6.07, 6.45) is 1.30. The maximum absolute atomic E-state index is 2.35. The van der Waals surface area contributed by atoms with Crippen molar-refractivity contribution in [3.63, 3.8) is 0 Å². The molecular formula is C13H29N. The fourth-order valence-corrected chi connectivity index (χ4v) is 1.82. The lowest BCUT2D eigenvalue weighted by molar-refractivity contribution is 0.130. The molecule has 0 spiro atoms. The zero-order valence-corrected chi connectivity index (χ0v) is 11.4. The number of hydrogen-bond donors (Lipinski definition) is 0. The molecule has 14 heavy (non-hydrogen) atoms. The largest absolute Gasteiger partial charge is 0.309 e. The Morgan fingerprint density at radius 2 is 1.36 bits per heavy atom. The van der Waals surface area contributed by atoms with Crippen molar-refractivity contribution in [2.75, 3.05) is 20.6 Å². The van der Waals surface area contributed by atoms with E-state index in [-0.39, 0.29) is 0 Å². The van der Waals surface area contributed by atoms with Gasteiger partial charge in [-0.2, -0.15) is 0 Å². The summed E-state index contributed by atoms with van der Waals surface area (Å²) in [6.45, 7) is 15.3. The second-order valence-electron chi connectivity index (χ2n) is 7.09. The van der Waals surface area contributed by atoms with Crippen molar-refractivity contribution in [2.24, 2.45) is 16.7 Å². The minimum atomic E-state index is 0.414. The van der Waals surface area contributed by atoms with Gasteiger partial charge in [-0.25, -0.2) is 0 Å². The van der Waals surface area contributed by atoms with Crippen LogP contribution in [-0.4, -0.2) is 25.5 Å². The number of rotatable bonds is 3. The molecule has 0 N–H and O–H groups in total. The van der Waals surface area contributed by atoms with Crippen molar-refractivity contribution >= 4 is 0 Å². The third kappa shape index (κ3) is 6.42. The van der Waals surface area contributed by atoms with Crippen LogP contribution in [0.15, 0.2) is 0 Å². The van der Waals surface area contributed by atoms with E-state index in [1.165, 1.54) is 13.0 Å². The van der Waals surface area contributed by atoms with Crippen LogP contribution >= 0.6 is 0 Å². The van der Waals surface area contributed by atoms with Gasteiger partial charge in [0.2, 0.25) is 0 Å². The molecule has 0 fully saturated rings. The van der Waals surface area contributed by atoms with Crippen LogP contribution in [0.2, 0.25) is 0 Å². The molecule has 0 aliphatic rings. The first-order chi connectivity index (χ1) is 6.02. The van der Waals surface area contributed by atoms with Gasteiger partial charge in [-0.05, 0) is 37.3 Å². The Labute approximate surface area is 90.9 Å². The molecule has 0 saturated heterocycles. The van der Waals surface area contributed by atoms with Crippen molar-refractivity contribution in [3.05, 3.63) is 0 Å². The van der Waals surface area contributed by atoms with E-state index in [1.54, 1.807) is 0 Å². The van der Waals surface area contributed by atoms with E-state index < -0.39 is 0 Å². The van der Waals surface area contributed by atoms with Crippen molar-refractivity contribution in [1.82, 2.24) is 4.90 Å². The summed E-state index contributed by atoms with van der Waals surface area (Å²) >= 11 is 0. The Morgan fingerprint density at radius 1 is 0.929 bits per heavy atom. The molecule has 0 aliphatic heterocycles. The second-order valence-corrected chi connectivity index (χ2v) is 7.09. The van der Waals surface area contributed by atoms with E-state index in [1.807, 2.05) is 0 Å². The lowest BCUT2D eigenvalue weighted by atomic mass is 9.72. The first-order valence-electron chi connectivity index (χ1n) is 5.67. The number of hydrogen-bond acceptors (Lipinski definition) is 1. The Morgan fingerprint density at radius 3 is 1.57 bits per heavy atom. The molecule has 0 amide bonds. The molecule has 0 aromatic carbocycles. The lowest BCUT2D eigenvalue weighted by Gasteiger charge is -2.37. The van der Waals surface area contributed by atoms with Gasteiger partial charge < -0.3 is 4.90 Å². The third-order valence-corrected chi connectivity index (χ3v) is 2.67. The van der Waals surface area contributed by atoms with Crippen molar-refractivity contribution in [1.29, 1.82) is 0 Å². The Hall–Kier alpha value is -0.0400. The third-order valence-electron chi connectivity index (χ3n) is 2.67. The van der Waals surface area contributed by atoms with Crippen LogP contribution in [0.1, 0.15) is 48.0 Å². The zero-order chi connectivity index (χ0) is 11.6. The van der Waals surface area contributed by atoms with Crippen molar-refractivity contribution < 1.29 is 0 Å². The van der Waals surface area contributed by atoms with E-state index >= 15 is 0 Å². The first kappa shape index (κ1) is 14.0. The van der Waals surface area contributed by atoms with Crippen LogP contribution < -0.4 is 0 Å². The summed E-state index contributed by atoms with van der Waals surface area (Å²) in [5.41, 5.74) is 0.853. The van der Waals surface area contributed by atoms with Gasteiger partial charge in [0.25, 0.3) is 0 Å². The highest BCUT2D eigenvalue weighted by atomic mass is 15.1. The fourth-order valence-electron chi connectivity index (χ4n) is 1.82. The highest BCUT2D eigenvalue weighted by Gasteiger charge is 2.29. The van der Waals surface area contributed by atoms with E-state index in [2.05, 4.69) is 60.5 Å². The first-order valence-corrected chi connectivity index (χ1v) is 5.67. The minimum absolute atomic E-state index is 0.414. The molecule has 0 bridgehead atoms. The molecule has 86 valence electrons. The number of nitrogens with zero attached hydrogens (tertiary/aromatic N) is 1. The molecule has 0 aromatic heterocycles. The molecule has 0 rings (SSSR count). The molecule has 1 heteroatoms. The maximum Gasteiger partial charge on any atom is 0.000876 e. The monoisotopic (exact) mass is 199 g/mol. The fraction of sp³-hybridized carbons (Fsp3) is 1.00. The highest BCUT2D eigenvalue weighted by molar-refractivity contribution is 4.80. The standard InChI is InChI=1S/C13H29N/c1-12(2,3)9-11(10-14(7)8)13(4,5)6/h11H,9-10H2,1-8H3. The topological polar surface area (TPSA) is 3.24 Å². The molecule has 1 atom stereocenters. The van der Waals surface area contributed by atoms with Gasteiger partial charge in [0, 0.05) is 6.54 Å². The van der Waals surface area contributed by atoms with E-state index in [0.29, 0.717) is 10.8 Å². The molecule has 1 nitrogen and oxygen atoms in total. The summed E-state index contributed by atoms with van der Waals surface area (Å²) in [4.78, 5) is 2.31. The van der Waals surface area contributed by atoms with Crippen LogP contribution in [0.4, 0.5) is 0 Å². The zero-order valence-electron chi connectivity index (χ0n) is 11.4. The summed E-state index contributed by atoms with van der Waals surface area (Å²) in [6, 6.07) is 0. The second kappa shape index (κ2) is 4.65. The Balaban J connectivity index is 4.42. The normalized spacial score (nSPS) is 16.1. The highest BCUT2D eigenvalue weighted by Crippen LogP contribution is 2.36. The molecule has 0 aliphatic carbocycles. The lowest BCUT2D eigenvalue weighted by Crippen LogP contribution is -2.34. The maximum atomic E-state index is 2.35. The van der Waals surface area contributed by atoms with Gasteiger partial charge >= 0.3 is 0 Å². The van der Waals surface area contributed by atoms with E-state index in [0.717, 1.165) is 5.92 Å². The van der Waals surface area contributed by atoms with Gasteiger partial charge in [0.05, 0.1) is 0 Å². The predicted octanol–water partition coefficient (Wildman–Crippen LogP) is 3.65. The van der Waals surface area contributed by atoms with E-state index in [9.17, 15) is 0 Å². The van der Waals surface area contributed by atoms with Gasteiger partial charge in [-0.3, -0.25) is 0 Å². The summed E-state index contributed by atoms with van der Waals surface area (Å²) in [5.74, 6) is 0.775. The van der Waals surface area contributed by atoms with Gasteiger partial charge in [0.1, 0.15) is 0 Å². The Bertz CT molecular complexity index is 157. The summed E-state index contributed by atoms with van der Waals surface area (Å²) < 4.78 is 0. The molecule has 0 heterocycles. The van der Waals surface area contributed by atoms with Crippen molar-refractivity contribution in [2.45, 2.75) is 48.0 Å². The molecule has 0 saturated carbocycles. The average molecular weight is 199 g/mol. The van der Waals surface area contributed by atoms with E-state index in [4.69, 9.17) is 0 Å². The van der Waals surface area contributed by atoms with Crippen LogP contribution in [-0.2, 0) is 0 Å². The Kier molecular flexibility index (Phi) is 4.64. The van der Waals surface area contributed by atoms with Gasteiger partial charge in [-0.1, -0.05) is 41.5 Å². The van der Waals surface area contributed by atoms with Crippen LogP contribution in [0.3, 0.4) is 0 Å². The predicted molar refractivity (Wildman–Crippen MR) is 65.6 cm³/mol. The van der Waals surface area contributed by atoms with Gasteiger partial charge in [-0.15, -0.1) is 0 Å². The molecule has 1 unspecified atom stereocenters. The SMILES string of the molecule is CN(C)CC(CC(C)(C)C)C(C)(C)C. The van der Waals surface area contributed by atoms with Crippen LogP contribution in [0, 0.1) is 16.7 Å². The average Bonchev–Trinajstić information content (AvgIpc) is 1.78. The summed E-state index contributed by atoms with van der Waals surface area (Å²) in [7, 11) is 4.34. The molecule has 0 aromatic rings. The quantitative estimate of drug-likeness (QED) is 0.670. The van der Waals surface area contributed by atoms with Crippen molar-refractivity contribution in [3.8, 4) is 0 Å². The van der Waals surface area contributed by atoms with Crippen LogP contribution in [0.25, 0.3) is 0 Å². The van der Waals surface area contributed by atoms with Gasteiger partial charge in [0.15, 0.2) is 0 Å².